The first-order chi connectivity index (χ1) is 19.4. The summed E-state index contributed by atoms with van der Waals surface area (Å²) in [6, 6.07) is 31.0. The molecule has 1 heterocycles. The summed E-state index contributed by atoms with van der Waals surface area (Å²) in [6.07, 6.45) is -1.03. The van der Waals surface area contributed by atoms with Gasteiger partial charge in [0.1, 0.15) is 28.9 Å². The molecule has 0 spiro atoms. The van der Waals surface area contributed by atoms with Gasteiger partial charge in [-0.1, -0.05) is 71.9 Å². The number of aromatic nitrogens is 3. The van der Waals surface area contributed by atoms with Gasteiger partial charge in [-0.05, 0) is 66.9 Å². The minimum Gasteiger partial charge on any atom is -0.478 e. The summed E-state index contributed by atoms with van der Waals surface area (Å²) in [5.41, 5.74) is 4.13. The standard InChI is InChI=1S/C31H26N4O5/c1-20-29(32-31(38)39-21(2)22-8-4-3-5-9-22)35(34-33-20)25-16-12-23(13-17-25)24-14-18-26(19-15-24)40-28-11-7-6-10-27(28)30(36)37/h3-19,21H,1-2H3,(H,32,38)(H,36,37)/t21-/m1/s1. The number of ether oxygens (including phenoxy) is 2. The van der Waals surface area contributed by atoms with Crippen LogP contribution in [0.2, 0.25) is 0 Å². The normalized spacial score (nSPS) is 11.4. The van der Waals surface area contributed by atoms with Crippen LogP contribution < -0.4 is 10.1 Å². The van der Waals surface area contributed by atoms with Crippen molar-refractivity contribution in [2.45, 2.75) is 20.0 Å². The number of carbonyl (C=O) groups is 2. The second kappa shape index (κ2) is 11.5. The number of nitrogens with zero attached hydrogens (tertiary/aromatic N) is 3. The molecule has 0 saturated heterocycles. The van der Waals surface area contributed by atoms with Crippen molar-refractivity contribution in [1.82, 2.24) is 15.0 Å². The zero-order chi connectivity index (χ0) is 28.1. The first-order valence-electron chi connectivity index (χ1n) is 12.5. The Hall–Kier alpha value is -5.44. The number of para-hydroxylation sites is 1. The summed E-state index contributed by atoms with van der Waals surface area (Å²) >= 11 is 0. The number of hydrogen-bond donors (Lipinski definition) is 2. The third kappa shape index (κ3) is 5.83. The van der Waals surface area contributed by atoms with E-state index in [-0.39, 0.29) is 11.3 Å². The fourth-order valence-corrected chi connectivity index (χ4v) is 4.13. The predicted molar refractivity (Wildman–Crippen MR) is 150 cm³/mol. The van der Waals surface area contributed by atoms with Crippen molar-refractivity contribution in [2.75, 3.05) is 5.32 Å². The second-order valence-electron chi connectivity index (χ2n) is 8.99. The number of aryl methyl sites for hydroxylation is 1. The van der Waals surface area contributed by atoms with Crippen molar-refractivity contribution in [3.8, 4) is 28.3 Å². The number of amides is 1. The maximum Gasteiger partial charge on any atom is 0.413 e. The molecule has 1 atom stereocenters. The number of benzene rings is 4. The van der Waals surface area contributed by atoms with Crippen molar-refractivity contribution < 1.29 is 24.2 Å². The van der Waals surface area contributed by atoms with E-state index in [0.29, 0.717) is 22.9 Å². The lowest BCUT2D eigenvalue weighted by atomic mass is 10.1. The average Bonchev–Trinajstić information content (AvgIpc) is 3.33. The van der Waals surface area contributed by atoms with E-state index >= 15 is 0 Å². The Bertz CT molecular complexity index is 1630. The molecule has 9 heteroatoms. The molecule has 1 aromatic heterocycles. The Morgan fingerprint density at radius 1 is 0.850 bits per heavy atom. The largest absolute Gasteiger partial charge is 0.478 e. The molecule has 0 aliphatic carbocycles. The Morgan fingerprint density at radius 2 is 1.48 bits per heavy atom. The number of anilines is 1. The van der Waals surface area contributed by atoms with Crippen LogP contribution >= 0.6 is 0 Å². The molecule has 0 radical (unpaired) electrons. The van der Waals surface area contributed by atoms with Crippen LogP contribution in [0.25, 0.3) is 16.8 Å². The summed E-state index contributed by atoms with van der Waals surface area (Å²) < 4.78 is 12.9. The van der Waals surface area contributed by atoms with Crippen LogP contribution in [0.5, 0.6) is 11.5 Å². The lowest BCUT2D eigenvalue weighted by molar-refractivity contribution is 0.0694. The number of aromatic carboxylic acids is 1. The lowest BCUT2D eigenvalue weighted by Crippen LogP contribution is -2.18. The van der Waals surface area contributed by atoms with Crippen LogP contribution in [0.1, 0.15) is 34.6 Å². The topological polar surface area (TPSA) is 116 Å². The average molecular weight is 535 g/mol. The fraction of sp³-hybridized carbons (Fsp3) is 0.0968. The first kappa shape index (κ1) is 26.2. The van der Waals surface area contributed by atoms with E-state index in [9.17, 15) is 14.7 Å². The van der Waals surface area contributed by atoms with Gasteiger partial charge in [0.2, 0.25) is 0 Å². The van der Waals surface area contributed by atoms with Crippen LogP contribution in [0.3, 0.4) is 0 Å². The number of carbonyl (C=O) groups excluding carboxylic acids is 1. The molecule has 0 unspecified atom stereocenters. The van der Waals surface area contributed by atoms with Gasteiger partial charge in [0.05, 0.1) is 5.69 Å². The van der Waals surface area contributed by atoms with Gasteiger partial charge in [-0.2, -0.15) is 4.68 Å². The predicted octanol–water partition coefficient (Wildman–Crippen LogP) is 7.04. The molecule has 9 nitrogen and oxygen atoms in total. The quantitative estimate of drug-likeness (QED) is 0.219. The molecule has 200 valence electrons. The minimum atomic E-state index is -1.05. The minimum absolute atomic E-state index is 0.0957. The van der Waals surface area contributed by atoms with Crippen LogP contribution in [-0.2, 0) is 4.74 Å². The van der Waals surface area contributed by atoms with Crippen molar-refractivity contribution in [2.24, 2.45) is 0 Å². The number of carboxylic acid groups (broad SMARTS) is 1. The number of rotatable bonds is 8. The van der Waals surface area contributed by atoms with E-state index in [1.54, 1.807) is 41.9 Å². The Morgan fingerprint density at radius 3 is 2.15 bits per heavy atom. The highest BCUT2D eigenvalue weighted by Gasteiger charge is 2.18. The lowest BCUT2D eigenvalue weighted by Gasteiger charge is -2.15. The zero-order valence-corrected chi connectivity index (χ0v) is 21.8. The van der Waals surface area contributed by atoms with Crippen LogP contribution in [0, 0.1) is 6.92 Å². The molecule has 1 amide bonds. The molecule has 0 bridgehead atoms. The van der Waals surface area contributed by atoms with E-state index in [1.807, 2.05) is 73.7 Å². The number of hydrogen-bond acceptors (Lipinski definition) is 6. The van der Waals surface area contributed by atoms with Gasteiger partial charge in [-0.15, -0.1) is 5.10 Å². The van der Waals surface area contributed by atoms with Gasteiger partial charge in [0.15, 0.2) is 5.82 Å². The summed E-state index contributed by atoms with van der Waals surface area (Å²) in [4.78, 5) is 24.1. The smallest absolute Gasteiger partial charge is 0.413 e. The van der Waals surface area contributed by atoms with Gasteiger partial charge < -0.3 is 14.6 Å². The van der Waals surface area contributed by atoms with Gasteiger partial charge >= 0.3 is 12.1 Å². The number of nitrogens with one attached hydrogen (secondary N) is 1. The van der Waals surface area contributed by atoms with Crippen molar-refractivity contribution in [3.63, 3.8) is 0 Å². The molecule has 40 heavy (non-hydrogen) atoms. The highest BCUT2D eigenvalue weighted by Crippen LogP contribution is 2.29. The SMILES string of the molecule is Cc1nnn(-c2ccc(-c3ccc(Oc4ccccc4C(=O)O)cc3)cc2)c1NC(=O)O[C@H](C)c1ccccc1. The molecule has 0 aliphatic heterocycles. The monoisotopic (exact) mass is 534 g/mol. The highest BCUT2D eigenvalue weighted by atomic mass is 16.6. The van der Waals surface area contributed by atoms with Gasteiger partial charge in [-0.3, -0.25) is 5.32 Å². The van der Waals surface area contributed by atoms with Crippen LogP contribution in [0.4, 0.5) is 10.6 Å². The fourth-order valence-electron chi connectivity index (χ4n) is 4.13. The molecule has 2 N–H and O–H groups in total. The molecular formula is C31H26N4O5. The van der Waals surface area contributed by atoms with Crippen molar-refractivity contribution in [1.29, 1.82) is 0 Å². The maximum atomic E-state index is 12.6. The molecular weight excluding hydrogens is 508 g/mol. The van der Waals surface area contributed by atoms with Crippen molar-refractivity contribution >= 4 is 17.9 Å². The Balaban J connectivity index is 1.28. The summed E-state index contributed by atoms with van der Waals surface area (Å²) in [5.74, 6) is 0.169. The molecule has 0 saturated carbocycles. The van der Waals surface area contributed by atoms with E-state index < -0.39 is 18.2 Å². The Labute approximate surface area is 230 Å². The summed E-state index contributed by atoms with van der Waals surface area (Å²) in [6.45, 7) is 3.57. The Kier molecular flexibility index (Phi) is 7.54. The van der Waals surface area contributed by atoms with E-state index in [1.165, 1.54) is 6.07 Å². The van der Waals surface area contributed by atoms with E-state index in [2.05, 4.69) is 15.6 Å². The third-order valence-electron chi connectivity index (χ3n) is 6.26. The summed E-state index contributed by atoms with van der Waals surface area (Å²) in [5, 5.41) is 20.4. The molecule has 0 aliphatic rings. The summed E-state index contributed by atoms with van der Waals surface area (Å²) in [7, 11) is 0. The van der Waals surface area contributed by atoms with Gasteiger partial charge in [0.25, 0.3) is 0 Å². The van der Waals surface area contributed by atoms with Gasteiger partial charge in [0, 0.05) is 0 Å². The van der Waals surface area contributed by atoms with Gasteiger partial charge in [-0.25, -0.2) is 9.59 Å². The number of carboxylic acids is 1. The molecule has 0 fully saturated rings. The zero-order valence-electron chi connectivity index (χ0n) is 21.8. The third-order valence-corrected chi connectivity index (χ3v) is 6.26. The van der Waals surface area contributed by atoms with Crippen LogP contribution in [-0.4, -0.2) is 32.2 Å². The van der Waals surface area contributed by atoms with Crippen molar-refractivity contribution in [3.05, 3.63) is 120 Å². The highest BCUT2D eigenvalue weighted by molar-refractivity contribution is 5.91. The molecule has 5 rings (SSSR count). The molecule has 5 aromatic rings. The van der Waals surface area contributed by atoms with Crippen LogP contribution in [0.15, 0.2) is 103 Å². The van der Waals surface area contributed by atoms with E-state index in [0.717, 1.165) is 16.7 Å². The van der Waals surface area contributed by atoms with E-state index in [4.69, 9.17) is 9.47 Å². The molecule has 4 aromatic carbocycles. The first-order valence-corrected chi connectivity index (χ1v) is 12.5. The maximum absolute atomic E-state index is 12.6. The second-order valence-corrected chi connectivity index (χ2v) is 8.99.